The summed E-state index contributed by atoms with van der Waals surface area (Å²) in [5.74, 6) is 2.22. The second kappa shape index (κ2) is 7.16. The SMILES string of the molecule is COc1cc(-c2nnc3sc(-c4ccc(Br)cc4)nn23)cc(OC)c1OC. The van der Waals surface area contributed by atoms with Crippen molar-refractivity contribution in [2.75, 3.05) is 21.3 Å². The lowest BCUT2D eigenvalue weighted by atomic mass is 10.1. The molecule has 27 heavy (non-hydrogen) atoms. The van der Waals surface area contributed by atoms with Crippen LogP contribution in [-0.4, -0.2) is 41.1 Å². The first-order chi connectivity index (χ1) is 13.1. The Hall–Kier alpha value is -2.65. The van der Waals surface area contributed by atoms with E-state index in [1.807, 2.05) is 36.4 Å². The molecule has 0 unspecified atom stereocenters. The first-order valence-electron chi connectivity index (χ1n) is 7.93. The summed E-state index contributed by atoms with van der Waals surface area (Å²) in [6.45, 7) is 0. The topological polar surface area (TPSA) is 70.8 Å². The van der Waals surface area contributed by atoms with Gasteiger partial charge in [0.05, 0.1) is 21.3 Å². The quantitative estimate of drug-likeness (QED) is 0.454. The Morgan fingerprint density at radius 3 is 2.15 bits per heavy atom. The van der Waals surface area contributed by atoms with E-state index in [9.17, 15) is 0 Å². The number of halogens is 1. The van der Waals surface area contributed by atoms with Crippen molar-refractivity contribution in [3.63, 3.8) is 0 Å². The fourth-order valence-electron chi connectivity index (χ4n) is 2.72. The van der Waals surface area contributed by atoms with Gasteiger partial charge in [-0.15, -0.1) is 10.2 Å². The van der Waals surface area contributed by atoms with Crippen LogP contribution in [0.2, 0.25) is 0 Å². The Morgan fingerprint density at radius 1 is 0.889 bits per heavy atom. The maximum atomic E-state index is 5.43. The Morgan fingerprint density at radius 2 is 1.56 bits per heavy atom. The first kappa shape index (κ1) is 17.7. The number of ether oxygens (including phenoxy) is 3. The Labute approximate surface area is 167 Å². The molecule has 7 nitrogen and oxygen atoms in total. The van der Waals surface area contributed by atoms with Gasteiger partial charge in [-0.05, 0) is 24.3 Å². The maximum Gasteiger partial charge on any atom is 0.235 e. The second-order valence-corrected chi connectivity index (χ2v) is 7.42. The molecule has 0 aliphatic heterocycles. The molecule has 2 heterocycles. The molecule has 0 amide bonds. The molecule has 0 saturated carbocycles. The van der Waals surface area contributed by atoms with Crippen molar-refractivity contribution in [2.24, 2.45) is 0 Å². The highest BCUT2D eigenvalue weighted by Gasteiger charge is 2.19. The molecular weight excluding hydrogens is 432 g/mol. The van der Waals surface area contributed by atoms with Gasteiger partial charge >= 0.3 is 0 Å². The van der Waals surface area contributed by atoms with Gasteiger partial charge in [-0.3, -0.25) is 0 Å². The Kier molecular flexibility index (Phi) is 4.71. The molecule has 0 N–H and O–H groups in total. The van der Waals surface area contributed by atoms with Crippen LogP contribution in [0.1, 0.15) is 0 Å². The van der Waals surface area contributed by atoms with Crippen LogP contribution >= 0.6 is 27.3 Å². The van der Waals surface area contributed by atoms with Crippen LogP contribution in [0.4, 0.5) is 0 Å². The minimum atomic E-state index is 0.526. The summed E-state index contributed by atoms with van der Waals surface area (Å²) >= 11 is 4.92. The zero-order chi connectivity index (χ0) is 19.0. The van der Waals surface area contributed by atoms with Gasteiger partial charge in [-0.2, -0.15) is 9.61 Å². The molecule has 0 aliphatic carbocycles. The summed E-state index contributed by atoms with van der Waals surface area (Å²) in [4.78, 5) is 0.705. The third-order valence-electron chi connectivity index (χ3n) is 4.00. The number of hydrogen-bond donors (Lipinski definition) is 0. The van der Waals surface area contributed by atoms with E-state index >= 15 is 0 Å². The van der Waals surface area contributed by atoms with Gasteiger partial charge in [0, 0.05) is 15.6 Å². The zero-order valence-corrected chi connectivity index (χ0v) is 17.2. The number of aromatic nitrogens is 4. The lowest BCUT2D eigenvalue weighted by Gasteiger charge is -2.13. The van der Waals surface area contributed by atoms with Crippen LogP contribution in [0.15, 0.2) is 40.9 Å². The van der Waals surface area contributed by atoms with Gasteiger partial charge in [-0.25, -0.2) is 0 Å². The van der Waals surface area contributed by atoms with Gasteiger partial charge in [0.25, 0.3) is 0 Å². The highest BCUT2D eigenvalue weighted by Crippen LogP contribution is 2.41. The van der Waals surface area contributed by atoms with Crippen molar-refractivity contribution >= 4 is 32.2 Å². The number of nitrogens with zero attached hydrogens (tertiary/aromatic N) is 4. The molecule has 0 atom stereocenters. The number of hydrogen-bond acceptors (Lipinski definition) is 7. The largest absolute Gasteiger partial charge is 0.493 e. The summed E-state index contributed by atoms with van der Waals surface area (Å²) in [7, 11) is 4.73. The molecule has 9 heteroatoms. The Bertz CT molecular complexity index is 1080. The monoisotopic (exact) mass is 446 g/mol. The minimum Gasteiger partial charge on any atom is -0.493 e. The predicted octanol–water partition coefficient (Wildman–Crippen LogP) is 4.31. The fraction of sp³-hybridized carbons (Fsp3) is 0.167. The molecule has 138 valence electrons. The van der Waals surface area contributed by atoms with Crippen LogP contribution in [0.3, 0.4) is 0 Å². The molecule has 4 rings (SSSR count). The normalized spacial score (nSPS) is 11.0. The summed E-state index contributed by atoms with van der Waals surface area (Å²) in [5, 5.41) is 14.1. The van der Waals surface area contributed by atoms with Gasteiger partial charge in [0.2, 0.25) is 10.7 Å². The van der Waals surface area contributed by atoms with Gasteiger partial charge in [0.15, 0.2) is 17.3 Å². The fourth-order valence-corrected chi connectivity index (χ4v) is 3.83. The van der Waals surface area contributed by atoms with Crippen molar-refractivity contribution in [1.82, 2.24) is 19.8 Å². The first-order valence-corrected chi connectivity index (χ1v) is 9.54. The van der Waals surface area contributed by atoms with Crippen LogP contribution < -0.4 is 14.2 Å². The van der Waals surface area contributed by atoms with Crippen LogP contribution in [0.25, 0.3) is 26.9 Å². The van der Waals surface area contributed by atoms with Crippen molar-refractivity contribution < 1.29 is 14.2 Å². The van der Waals surface area contributed by atoms with Crippen molar-refractivity contribution in [3.8, 4) is 39.2 Å². The summed E-state index contributed by atoms with van der Waals surface area (Å²) in [6.07, 6.45) is 0. The van der Waals surface area contributed by atoms with E-state index in [-0.39, 0.29) is 0 Å². The highest BCUT2D eigenvalue weighted by atomic mass is 79.9. The van der Waals surface area contributed by atoms with Gasteiger partial charge in [-0.1, -0.05) is 39.4 Å². The molecule has 2 aromatic carbocycles. The average Bonchev–Trinajstić information content (AvgIpc) is 3.28. The second-order valence-electron chi connectivity index (χ2n) is 5.55. The van der Waals surface area contributed by atoms with E-state index in [1.54, 1.807) is 25.8 Å². The molecule has 0 fully saturated rings. The van der Waals surface area contributed by atoms with Crippen LogP contribution in [0.5, 0.6) is 17.2 Å². The number of fused-ring (bicyclic) bond motifs is 1. The summed E-state index contributed by atoms with van der Waals surface area (Å²) in [6, 6.07) is 11.6. The lowest BCUT2D eigenvalue weighted by molar-refractivity contribution is 0.324. The van der Waals surface area contributed by atoms with Gasteiger partial charge < -0.3 is 14.2 Å². The van der Waals surface area contributed by atoms with Crippen molar-refractivity contribution in [2.45, 2.75) is 0 Å². The maximum absolute atomic E-state index is 5.43. The van der Waals surface area contributed by atoms with E-state index in [4.69, 9.17) is 14.2 Å². The van der Waals surface area contributed by atoms with Gasteiger partial charge in [0.1, 0.15) is 5.01 Å². The lowest BCUT2D eigenvalue weighted by Crippen LogP contribution is -1.97. The molecule has 0 bridgehead atoms. The molecular formula is C18H15BrN4O3S. The van der Waals surface area contributed by atoms with Crippen molar-refractivity contribution in [1.29, 1.82) is 0 Å². The molecule has 4 aromatic rings. The highest BCUT2D eigenvalue weighted by molar-refractivity contribution is 9.10. The smallest absolute Gasteiger partial charge is 0.235 e. The Balaban J connectivity index is 1.84. The van der Waals surface area contributed by atoms with Crippen molar-refractivity contribution in [3.05, 3.63) is 40.9 Å². The number of rotatable bonds is 5. The van der Waals surface area contributed by atoms with E-state index in [1.165, 1.54) is 11.3 Å². The third-order valence-corrected chi connectivity index (χ3v) is 5.48. The predicted molar refractivity (Wildman–Crippen MR) is 107 cm³/mol. The third kappa shape index (κ3) is 3.13. The molecule has 0 radical (unpaired) electrons. The summed E-state index contributed by atoms with van der Waals surface area (Å²) < 4.78 is 19.0. The molecule has 0 aliphatic rings. The molecule has 0 spiro atoms. The summed E-state index contributed by atoms with van der Waals surface area (Å²) in [5.41, 5.74) is 1.79. The van der Waals surface area contributed by atoms with E-state index in [0.717, 1.165) is 20.6 Å². The number of benzene rings is 2. The minimum absolute atomic E-state index is 0.526. The van der Waals surface area contributed by atoms with E-state index in [2.05, 4.69) is 31.2 Å². The van der Waals surface area contributed by atoms with E-state index < -0.39 is 0 Å². The number of methoxy groups -OCH3 is 3. The standard InChI is InChI=1S/C18H15BrN4O3S/c1-24-13-8-11(9-14(25-2)15(13)26-3)16-20-21-18-23(16)22-17(27-18)10-4-6-12(19)7-5-10/h4-9H,1-3H3. The zero-order valence-electron chi connectivity index (χ0n) is 14.8. The molecule has 2 aromatic heterocycles. The average molecular weight is 447 g/mol. The molecule has 0 saturated heterocycles. The van der Waals surface area contributed by atoms with Crippen LogP contribution in [-0.2, 0) is 0 Å². The van der Waals surface area contributed by atoms with Crippen LogP contribution in [0, 0.1) is 0 Å². The van der Waals surface area contributed by atoms with E-state index in [0.29, 0.717) is 28.0 Å².